The zero-order valence-electron chi connectivity index (χ0n) is 13.5. The van der Waals surface area contributed by atoms with Crippen molar-refractivity contribution in [2.45, 2.75) is 31.9 Å². The van der Waals surface area contributed by atoms with Crippen LogP contribution in [-0.2, 0) is 9.53 Å². The van der Waals surface area contributed by atoms with Crippen LogP contribution in [-0.4, -0.2) is 40.1 Å². The smallest absolute Gasteiger partial charge is 0.256 e. The topological polar surface area (TPSA) is 47.4 Å². The largest absolute Gasteiger partial charge is 0.364 e. The number of ether oxygens (including phenoxy) is 1. The summed E-state index contributed by atoms with van der Waals surface area (Å²) in [5.41, 5.74) is 0.920. The van der Waals surface area contributed by atoms with Crippen LogP contribution in [0.5, 0.6) is 0 Å². The van der Waals surface area contributed by atoms with Crippen LogP contribution in [0.15, 0.2) is 49.1 Å². The molecular weight excluding hydrogens is 290 g/mol. The first-order valence-corrected chi connectivity index (χ1v) is 8.22. The molecule has 5 nitrogen and oxygen atoms in total. The van der Waals surface area contributed by atoms with Gasteiger partial charge in [-0.15, -0.1) is 0 Å². The fraction of sp³-hybridized carbons (Fsp3) is 0.444. The number of hydrogen-bond acceptors (Lipinski definition) is 3. The van der Waals surface area contributed by atoms with Gasteiger partial charge in [0, 0.05) is 32.1 Å². The van der Waals surface area contributed by atoms with Crippen LogP contribution in [0, 0.1) is 0 Å². The zero-order valence-corrected chi connectivity index (χ0v) is 13.5. The Morgan fingerprint density at radius 2 is 2.22 bits per heavy atom. The molecule has 1 saturated heterocycles. The second kappa shape index (κ2) is 7.42. The molecule has 1 aromatic heterocycles. The first-order chi connectivity index (χ1) is 11.3. The second-order valence-corrected chi connectivity index (χ2v) is 5.84. The Balaban J connectivity index is 1.74. The summed E-state index contributed by atoms with van der Waals surface area (Å²) < 4.78 is 7.85. The van der Waals surface area contributed by atoms with Crippen molar-refractivity contribution in [3.05, 3.63) is 54.6 Å². The Morgan fingerprint density at radius 1 is 1.39 bits per heavy atom. The summed E-state index contributed by atoms with van der Waals surface area (Å²) >= 11 is 0. The predicted octanol–water partition coefficient (Wildman–Crippen LogP) is 2.82. The van der Waals surface area contributed by atoms with Gasteiger partial charge < -0.3 is 14.2 Å². The molecule has 0 N–H and O–H groups in total. The summed E-state index contributed by atoms with van der Waals surface area (Å²) in [6.07, 6.45) is 7.15. The number of hydrogen-bond donors (Lipinski definition) is 0. The standard InChI is InChI=1S/C18H23N3O2/c1-2-23-17(15-7-4-3-5-8-15)18(22)20-11-6-9-16(13-20)21-12-10-19-14-21/h3-5,7-8,10,12,14,16-17H,2,6,9,11,13H2,1H3/t16-,17+/m0/s1. The monoisotopic (exact) mass is 313 g/mol. The van der Waals surface area contributed by atoms with Crippen molar-refractivity contribution in [1.82, 2.24) is 14.5 Å². The van der Waals surface area contributed by atoms with Gasteiger partial charge in [-0.05, 0) is 25.3 Å². The third kappa shape index (κ3) is 3.62. The van der Waals surface area contributed by atoms with Gasteiger partial charge >= 0.3 is 0 Å². The number of amides is 1. The lowest BCUT2D eigenvalue weighted by Crippen LogP contribution is -2.43. The highest BCUT2D eigenvalue weighted by Gasteiger charge is 2.30. The van der Waals surface area contributed by atoms with Gasteiger partial charge in [0.2, 0.25) is 0 Å². The SMILES string of the molecule is CCO[C@@H](C(=O)N1CCC[C@H](n2ccnc2)C1)c1ccccc1. The number of carbonyl (C=O) groups excluding carboxylic acids is 1. The number of imidazole rings is 1. The summed E-state index contributed by atoms with van der Waals surface area (Å²) in [6.45, 7) is 3.95. The number of piperidine rings is 1. The van der Waals surface area contributed by atoms with E-state index in [4.69, 9.17) is 4.74 Å². The Labute approximate surface area is 136 Å². The number of benzene rings is 1. The molecule has 2 heterocycles. The molecule has 0 spiro atoms. The van der Waals surface area contributed by atoms with Crippen LogP contribution >= 0.6 is 0 Å². The van der Waals surface area contributed by atoms with E-state index in [9.17, 15) is 4.79 Å². The Kier molecular flexibility index (Phi) is 5.08. The van der Waals surface area contributed by atoms with Crippen molar-refractivity contribution in [3.63, 3.8) is 0 Å². The van der Waals surface area contributed by atoms with Gasteiger partial charge in [-0.1, -0.05) is 30.3 Å². The highest BCUT2D eigenvalue weighted by molar-refractivity contribution is 5.82. The van der Waals surface area contributed by atoms with Gasteiger partial charge in [-0.2, -0.15) is 0 Å². The molecule has 5 heteroatoms. The first-order valence-electron chi connectivity index (χ1n) is 8.22. The van der Waals surface area contributed by atoms with Crippen LogP contribution in [0.4, 0.5) is 0 Å². The van der Waals surface area contributed by atoms with Gasteiger partial charge in [0.15, 0.2) is 6.10 Å². The summed E-state index contributed by atoms with van der Waals surface area (Å²) in [4.78, 5) is 19.0. The molecule has 1 fully saturated rings. The van der Waals surface area contributed by atoms with E-state index in [0.717, 1.165) is 24.9 Å². The van der Waals surface area contributed by atoms with Crippen molar-refractivity contribution >= 4 is 5.91 Å². The lowest BCUT2D eigenvalue weighted by Gasteiger charge is -2.35. The Bertz CT molecular complexity index is 612. The van der Waals surface area contributed by atoms with E-state index in [2.05, 4.69) is 9.55 Å². The quantitative estimate of drug-likeness (QED) is 0.853. The van der Waals surface area contributed by atoms with E-state index in [-0.39, 0.29) is 5.91 Å². The maximum atomic E-state index is 13.0. The van der Waals surface area contributed by atoms with E-state index in [1.54, 1.807) is 6.20 Å². The highest BCUT2D eigenvalue weighted by Crippen LogP contribution is 2.26. The minimum atomic E-state index is -0.511. The summed E-state index contributed by atoms with van der Waals surface area (Å²) in [7, 11) is 0. The van der Waals surface area contributed by atoms with Gasteiger partial charge in [0.25, 0.3) is 5.91 Å². The molecule has 1 amide bonds. The molecule has 2 atom stereocenters. The zero-order chi connectivity index (χ0) is 16.1. The molecule has 0 unspecified atom stereocenters. The van der Waals surface area contributed by atoms with Crippen molar-refractivity contribution in [3.8, 4) is 0 Å². The molecule has 0 saturated carbocycles. The van der Waals surface area contributed by atoms with Gasteiger partial charge in [0.05, 0.1) is 12.4 Å². The van der Waals surface area contributed by atoms with Crippen molar-refractivity contribution < 1.29 is 9.53 Å². The maximum absolute atomic E-state index is 13.0. The summed E-state index contributed by atoms with van der Waals surface area (Å²) in [6, 6.07) is 10.0. The van der Waals surface area contributed by atoms with E-state index in [1.165, 1.54) is 0 Å². The number of likely N-dealkylation sites (tertiary alicyclic amines) is 1. The summed E-state index contributed by atoms with van der Waals surface area (Å²) in [5, 5.41) is 0. The third-order valence-corrected chi connectivity index (χ3v) is 4.31. The molecule has 2 aromatic rings. The van der Waals surface area contributed by atoms with Gasteiger partial charge in [-0.3, -0.25) is 4.79 Å². The number of carbonyl (C=O) groups is 1. The molecule has 122 valence electrons. The maximum Gasteiger partial charge on any atom is 0.256 e. The lowest BCUT2D eigenvalue weighted by atomic mass is 10.0. The minimum Gasteiger partial charge on any atom is -0.364 e. The molecule has 3 rings (SSSR count). The van der Waals surface area contributed by atoms with Crippen molar-refractivity contribution in [2.24, 2.45) is 0 Å². The normalized spacial score (nSPS) is 19.5. The van der Waals surface area contributed by atoms with Gasteiger partial charge in [-0.25, -0.2) is 4.98 Å². The highest BCUT2D eigenvalue weighted by atomic mass is 16.5. The Hall–Kier alpha value is -2.14. The third-order valence-electron chi connectivity index (χ3n) is 4.31. The van der Waals surface area contributed by atoms with Crippen molar-refractivity contribution in [2.75, 3.05) is 19.7 Å². The lowest BCUT2D eigenvalue weighted by molar-refractivity contribution is -0.145. The van der Waals surface area contributed by atoms with E-state index < -0.39 is 6.10 Å². The predicted molar refractivity (Wildman–Crippen MR) is 87.9 cm³/mol. The number of nitrogens with zero attached hydrogens (tertiary/aromatic N) is 3. The van der Waals surface area contributed by atoms with Crippen LogP contribution in [0.1, 0.15) is 37.5 Å². The molecule has 1 aromatic carbocycles. The average Bonchev–Trinajstić information content (AvgIpc) is 3.15. The summed E-state index contributed by atoms with van der Waals surface area (Å²) in [5.74, 6) is 0.0582. The van der Waals surface area contributed by atoms with E-state index in [1.807, 2.05) is 54.7 Å². The molecular formula is C18H23N3O2. The first kappa shape index (κ1) is 15.7. The molecule has 0 aliphatic carbocycles. The molecule has 23 heavy (non-hydrogen) atoms. The van der Waals surface area contributed by atoms with E-state index >= 15 is 0 Å². The fourth-order valence-electron chi connectivity index (χ4n) is 3.15. The number of aromatic nitrogens is 2. The number of rotatable bonds is 5. The second-order valence-electron chi connectivity index (χ2n) is 5.84. The van der Waals surface area contributed by atoms with Crippen LogP contribution in [0.25, 0.3) is 0 Å². The van der Waals surface area contributed by atoms with Crippen LogP contribution < -0.4 is 0 Å². The van der Waals surface area contributed by atoms with Crippen molar-refractivity contribution in [1.29, 1.82) is 0 Å². The fourth-order valence-corrected chi connectivity index (χ4v) is 3.15. The van der Waals surface area contributed by atoms with E-state index in [0.29, 0.717) is 19.2 Å². The molecule has 0 radical (unpaired) electrons. The van der Waals surface area contributed by atoms with Crippen LogP contribution in [0.2, 0.25) is 0 Å². The van der Waals surface area contributed by atoms with Crippen LogP contribution in [0.3, 0.4) is 0 Å². The average molecular weight is 313 g/mol. The molecule has 1 aliphatic rings. The van der Waals surface area contributed by atoms with Gasteiger partial charge in [0.1, 0.15) is 0 Å². The molecule has 1 aliphatic heterocycles. The molecule has 0 bridgehead atoms. The minimum absolute atomic E-state index is 0.0582. The Morgan fingerprint density at radius 3 is 2.91 bits per heavy atom.